The molecule has 0 aliphatic heterocycles. The fourth-order valence-electron chi connectivity index (χ4n) is 1.45. The summed E-state index contributed by atoms with van der Waals surface area (Å²) in [4.78, 5) is 0. The third-order valence-electron chi connectivity index (χ3n) is 2.29. The van der Waals surface area contributed by atoms with E-state index in [0.29, 0.717) is 5.02 Å². The Morgan fingerprint density at radius 3 is 2.50 bits per heavy atom. The van der Waals surface area contributed by atoms with E-state index in [-0.39, 0.29) is 5.54 Å². The van der Waals surface area contributed by atoms with Crippen molar-refractivity contribution in [3.05, 3.63) is 28.8 Å². The first-order valence-corrected chi connectivity index (χ1v) is 5.87. The number of halogens is 1. The van der Waals surface area contributed by atoms with Gasteiger partial charge in [-0.15, -0.1) is 0 Å². The molecule has 0 atom stereocenters. The molecule has 0 bridgehead atoms. The standard InChI is InChI=1S/C13H20ClNO/c1-13(2,3)15-8-7-10-5-6-12(16-4)11(14)9-10/h5-6,9,15H,7-8H2,1-4H3. The Kier molecular flexibility index (Phi) is 4.63. The fourth-order valence-corrected chi connectivity index (χ4v) is 1.73. The third-order valence-corrected chi connectivity index (χ3v) is 2.58. The van der Waals surface area contributed by atoms with E-state index in [2.05, 4.69) is 32.2 Å². The molecule has 1 aromatic rings. The van der Waals surface area contributed by atoms with Crippen LogP contribution in [0.1, 0.15) is 26.3 Å². The van der Waals surface area contributed by atoms with Crippen molar-refractivity contribution in [2.75, 3.05) is 13.7 Å². The van der Waals surface area contributed by atoms with E-state index in [9.17, 15) is 0 Å². The third kappa shape index (κ3) is 4.42. The molecule has 1 aromatic carbocycles. The van der Waals surface area contributed by atoms with Crippen LogP contribution in [0.4, 0.5) is 0 Å². The first-order chi connectivity index (χ1) is 7.42. The molecule has 0 spiro atoms. The summed E-state index contributed by atoms with van der Waals surface area (Å²) in [5.41, 5.74) is 1.39. The van der Waals surface area contributed by atoms with Crippen LogP contribution in [0.2, 0.25) is 5.02 Å². The highest BCUT2D eigenvalue weighted by Crippen LogP contribution is 2.24. The van der Waals surface area contributed by atoms with Crippen molar-refractivity contribution in [2.24, 2.45) is 0 Å². The van der Waals surface area contributed by atoms with Crippen molar-refractivity contribution in [1.82, 2.24) is 5.32 Å². The van der Waals surface area contributed by atoms with E-state index >= 15 is 0 Å². The molecule has 0 saturated heterocycles. The second-order valence-electron chi connectivity index (χ2n) is 4.90. The van der Waals surface area contributed by atoms with Crippen LogP contribution >= 0.6 is 11.6 Å². The smallest absolute Gasteiger partial charge is 0.137 e. The molecule has 1 rings (SSSR count). The molecular formula is C13H20ClNO. The van der Waals surface area contributed by atoms with Crippen LogP contribution in [0.5, 0.6) is 5.75 Å². The SMILES string of the molecule is COc1ccc(CCNC(C)(C)C)cc1Cl. The molecular weight excluding hydrogens is 222 g/mol. The quantitative estimate of drug-likeness (QED) is 0.874. The summed E-state index contributed by atoms with van der Waals surface area (Å²) in [5.74, 6) is 0.731. The molecule has 0 heterocycles. The zero-order valence-corrected chi connectivity index (χ0v) is 11.2. The maximum absolute atomic E-state index is 6.05. The molecule has 0 aromatic heterocycles. The lowest BCUT2D eigenvalue weighted by atomic mass is 10.1. The lowest BCUT2D eigenvalue weighted by molar-refractivity contribution is 0.414. The number of nitrogens with one attached hydrogen (secondary N) is 1. The van der Waals surface area contributed by atoms with E-state index in [1.165, 1.54) is 5.56 Å². The lowest BCUT2D eigenvalue weighted by Gasteiger charge is -2.20. The van der Waals surface area contributed by atoms with Crippen LogP contribution in [-0.4, -0.2) is 19.2 Å². The average molecular weight is 242 g/mol. The molecule has 0 unspecified atom stereocenters. The summed E-state index contributed by atoms with van der Waals surface area (Å²) in [7, 11) is 1.63. The van der Waals surface area contributed by atoms with Gasteiger partial charge in [-0.05, 0) is 51.4 Å². The minimum Gasteiger partial charge on any atom is -0.495 e. The van der Waals surface area contributed by atoms with Gasteiger partial charge in [0.25, 0.3) is 0 Å². The second-order valence-corrected chi connectivity index (χ2v) is 5.30. The minimum absolute atomic E-state index is 0.163. The molecule has 90 valence electrons. The second kappa shape index (κ2) is 5.55. The Morgan fingerprint density at radius 1 is 1.31 bits per heavy atom. The van der Waals surface area contributed by atoms with E-state index in [0.717, 1.165) is 18.7 Å². The summed E-state index contributed by atoms with van der Waals surface area (Å²) in [6.07, 6.45) is 0.973. The number of benzene rings is 1. The topological polar surface area (TPSA) is 21.3 Å². The molecule has 16 heavy (non-hydrogen) atoms. The zero-order valence-electron chi connectivity index (χ0n) is 10.4. The maximum Gasteiger partial charge on any atom is 0.137 e. The Balaban J connectivity index is 2.52. The molecule has 0 aliphatic rings. The van der Waals surface area contributed by atoms with Crippen LogP contribution in [0.15, 0.2) is 18.2 Å². The summed E-state index contributed by atoms with van der Waals surface area (Å²) >= 11 is 6.05. The van der Waals surface area contributed by atoms with Gasteiger partial charge in [0.05, 0.1) is 12.1 Å². The van der Waals surface area contributed by atoms with Gasteiger partial charge in [0.1, 0.15) is 5.75 Å². The number of methoxy groups -OCH3 is 1. The highest BCUT2D eigenvalue weighted by molar-refractivity contribution is 6.32. The lowest BCUT2D eigenvalue weighted by Crippen LogP contribution is -2.37. The highest BCUT2D eigenvalue weighted by Gasteiger charge is 2.08. The van der Waals surface area contributed by atoms with Crippen molar-refractivity contribution in [3.63, 3.8) is 0 Å². The first kappa shape index (κ1) is 13.3. The van der Waals surface area contributed by atoms with Gasteiger partial charge in [0, 0.05) is 5.54 Å². The van der Waals surface area contributed by atoms with Gasteiger partial charge < -0.3 is 10.1 Å². The van der Waals surface area contributed by atoms with Gasteiger partial charge in [0.2, 0.25) is 0 Å². The van der Waals surface area contributed by atoms with E-state index in [1.807, 2.05) is 12.1 Å². The minimum atomic E-state index is 0.163. The highest BCUT2D eigenvalue weighted by atomic mass is 35.5. The average Bonchev–Trinajstić information content (AvgIpc) is 2.16. The molecule has 2 nitrogen and oxygen atoms in total. The normalized spacial score (nSPS) is 11.6. The number of rotatable bonds is 4. The van der Waals surface area contributed by atoms with Crippen molar-refractivity contribution in [1.29, 1.82) is 0 Å². The summed E-state index contributed by atoms with van der Waals surface area (Å²) in [5, 5.41) is 4.12. The van der Waals surface area contributed by atoms with Crippen molar-refractivity contribution >= 4 is 11.6 Å². The Bertz CT molecular complexity index is 344. The zero-order chi connectivity index (χ0) is 12.2. The molecule has 0 radical (unpaired) electrons. The van der Waals surface area contributed by atoms with Gasteiger partial charge in [0.15, 0.2) is 0 Å². The van der Waals surface area contributed by atoms with Gasteiger partial charge in [-0.2, -0.15) is 0 Å². The molecule has 0 amide bonds. The van der Waals surface area contributed by atoms with Crippen LogP contribution in [0.25, 0.3) is 0 Å². The number of hydrogen-bond donors (Lipinski definition) is 1. The van der Waals surface area contributed by atoms with Crippen LogP contribution in [-0.2, 0) is 6.42 Å². The molecule has 0 fully saturated rings. The summed E-state index contributed by atoms with van der Waals surface area (Å²) < 4.78 is 5.11. The van der Waals surface area contributed by atoms with Crippen LogP contribution in [0.3, 0.4) is 0 Å². The first-order valence-electron chi connectivity index (χ1n) is 5.50. The predicted octanol–water partition coefficient (Wildman–Crippen LogP) is 3.28. The predicted molar refractivity (Wildman–Crippen MR) is 69.5 cm³/mol. The molecule has 0 aliphatic carbocycles. The fraction of sp³-hybridized carbons (Fsp3) is 0.538. The molecule has 3 heteroatoms. The van der Waals surface area contributed by atoms with Crippen molar-refractivity contribution < 1.29 is 4.74 Å². The summed E-state index contributed by atoms with van der Waals surface area (Å²) in [6, 6.07) is 5.93. The van der Waals surface area contributed by atoms with Gasteiger partial charge in [-0.25, -0.2) is 0 Å². The molecule has 0 saturated carbocycles. The van der Waals surface area contributed by atoms with Crippen LogP contribution < -0.4 is 10.1 Å². The van der Waals surface area contributed by atoms with Gasteiger partial charge in [-0.1, -0.05) is 17.7 Å². The van der Waals surface area contributed by atoms with Gasteiger partial charge >= 0.3 is 0 Å². The van der Waals surface area contributed by atoms with E-state index in [1.54, 1.807) is 7.11 Å². The van der Waals surface area contributed by atoms with Crippen molar-refractivity contribution in [3.8, 4) is 5.75 Å². The van der Waals surface area contributed by atoms with Crippen LogP contribution in [0, 0.1) is 0 Å². The van der Waals surface area contributed by atoms with Crippen molar-refractivity contribution in [2.45, 2.75) is 32.7 Å². The Hall–Kier alpha value is -0.730. The number of hydrogen-bond acceptors (Lipinski definition) is 2. The Labute approximate surface area is 103 Å². The number of ether oxygens (including phenoxy) is 1. The van der Waals surface area contributed by atoms with E-state index in [4.69, 9.17) is 16.3 Å². The Morgan fingerprint density at radius 2 is 2.00 bits per heavy atom. The maximum atomic E-state index is 6.05. The monoisotopic (exact) mass is 241 g/mol. The van der Waals surface area contributed by atoms with E-state index < -0.39 is 0 Å². The molecule has 1 N–H and O–H groups in total. The summed E-state index contributed by atoms with van der Waals surface area (Å²) in [6.45, 7) is 7.43. The largest absolute Gasteiger partial charge is 0.495 e. The van der Waals surface area contributed by atoms with Gasteiger partial charge in [-0.3, -0.25) is 0 Å².